The average Bonchev–Trinajstić information content (AvgIpc) is 3.24. The molecule has 1 aliphatic rings. The number of nitrogens with two attached hydrogens (primary N) is 1. The summed E-state index contributed by atoms with van der Waals surface area (Å²) in [6, 6.07) is 5.98. The van der Waals surface area contributed by atoms with E-state index in [2.05, 4.69) is 0 Å². The first-order chi connectivity index (χ1) is 9.37. The van der Waals surface area contributed by atoms with Crippen molar-refractivity contribution in [2.45, 2.75) is 30.7 Å². The van der Waals surface area contributed by atoms with Gasteiger partial charge in [0.05, 0.1) is 4.90 Å². The monoisotopic (exact) mass is 296 g/mol. The smallest absolute Gasteiger partial charge is 0.243 e. The van der Waals surface area contributed by atoms with Crippen LogP contribution in [0.5, 0.6) is 0 Å². The Balaban J connectivity index is 2.33. The van der Waals surface area contributed by atoms with Crippen molar-refractivity contribution in [3.8, 4) is 0 Å². The Morgan fingerprint density at radius 1 is 1.45 bits per heavy atom. The largest absolute Gasteiger partial charge is 0.329 e. The number of ketones is 1. The van der Waals surface area contributed by atoms with Gasteiger partial charge in [0.1, 0.15) is 0 Å². The summed E-state index contributed by atoms with van der Waals surface area (Å²) in [5, 5.41) is 0. The number of nitrogens with zero attached hydrogens (tertiary/aromatic N) is 1. The molecule has 20 heavy (non-hydrogen) atoms. The fraction of sp³-hybridized carbons (Fsp3) is 0.500. The lowest BCUT2D eigenvalue weighted by Gasteiger charge is -2.26. The van der Waals surface area contributed by atoms with E-state index in [4.69, 9.17) is 5.73 Å². The van der Waals surface area contributed by atoms with Gasteiger partial charge in [0.2, 0.25) is 10.0 Å². The molecule has 1 saturated carbocycles. The van der Waals surface area contributed by atoms with Crippen LogP contribution >= 0.6 is 0 Å². The Morgan fingerprint density at radius 3 is 2.60 bits per heavy atom. The molecule has 0 aromatic heterocycles. The normalized spacial score (nSPS) is 17.2. The minimum atomic E-state index is -3.61. The van der Waals surface area contributed by atoms with Gasteiger partial charge >= 0.3 is 0 Å². The van der Waals surface area contributed by atoms with Crippen LogP contribution in [0.4, 0.5) is 0 Å². The number of hydrogen-bond donors (Lipinski definition) is 1. The summed E-state index contributed by atoms with van der Waals surface area (Å²) in [6.45, 7) is 1.73. The zero-order valence-electron chi connectivity index (χ0n) is 11.7. The molecule has 0 radical (unpaired) electrons. The van der Waals surface area contributed by atoms with Crippen molar-refractivity contribution in [3.05, 3.63) is 29.8 Å². The first kappa shape index (κ1) is 15.2. The van der Waals surface area contributed by atoms with Gasteiger partial charge < -0.3 is 5.73 Å². The number of carbonyl (C=O) groups excluding carboxylic acids is 1. The highest BCUT2D eigenvalue weighted by atomic mass is 32.2. The fourth-order valence-corrected chi connectivity index (χ4v) is 3.81. The van der Waals surface area contributed by atoms with Crippen LogP contribution < -0.4 is 5.73 Å². The van der Waals surface area contributed by atoms with E-state index in [0.29, 0.717) is 18.0 Å². The summed E-state index contributed by atoms with van der Waals surface area (Å²) in [7, 11) is -2.05. The molecule has 0 amide bonds. The highest BCUT2D eigenvalue weighted by Gasteiger charge is 2.38. The van der Waals surface area contributed by atoms with Crippen LogP contribution in [0.1, 0.15) is 30.1 Å². The first-order valence-electron chi connectivity index (χ1n) is 6.67. The van der Waals surface area contributed by atoms with Crippen molar-refractivity contribution >= 4 is 15.8 Å². The van der Waals surface area contributed by atoms with Gasteiger partial charge in [-0.25, -0.2) is 8.42 Å². The van der Waals surface area contributed by atoms with Gasteiger partial charge in [0, 0.05) is 25.2 Å². The lowest BCUT2D eigenvalue weighted by molar-refractivity contribution is 0.101. The number of Topliss-reactive ketones (excluding diaryl/α,β-unsaturated/α-hetero) is 1. The molecule has 0 bridgehead atoms. The van der Waals surface area contributed by atoms with Crippen LogP contribution in [0.2, 0.25) is 0 Å². The van der Waals surface area contributed by atoms with Gasteiger partial charge in [-0.2, -0.15) is 4.31 Å². The number of sulfonamides is 1. The number of likely N-dealkylation sites (N-methyl/N-ethyl adjacent to an activating group) is 1. The van der Waals surface area contributed by atoms with E-state index in [1.165, 1.54) is 23.4 Å². The molecule has 1 fully saturated rings. The Labute approximate surface area is 119 Å². The van der Waals surface area contributed by atoms with E-state index in [9.17, 15) is 13.2 Å². The molecule has 1 unspecified atom stereocenters. The quantitative estimate of drug-likeness (QED) is 0.801. The molecule has 1 aromatic carbocycles. The maximum atomic E-state index is 12.6. The van der Waals surface area contributed by atoms with Gasteiger partial charge in [-0.3, -0.25) is 4.79 Å². The molecule has 1 atom stereocenters. The fourth-order valence-electron chi connectivity index (χ4n) is 2.34. The Hall–Kier alpha value is -1.24. The van der Waals surface area contributed by atoms with Crippen molar-refractivity contribution < 1.29 is 13.2 Å². The Kier molecular flexibility index (Phi) is 4.27. The maximum Gasteiger partial charge on any atom is 0.243 e. The van der Waals surface area contributed by atoms with Crippen LogP contribution in [0.3, 0.4) is 0 Å². The molecule has 0 aliphatic heterocycles. The molecule has 0 heterocycles. The van der Waals surface area contributed by atoms with Crippen LogP contribution in [-0.4, -0.2) is 38.1 Å². The van der Waals surface area contributed by atoms with Crippen molar-refractivity contribution in [2.24, 2.45) is 11.7 Å². The van der Waals surface area contributed by atoms with Crippen molar-refractivity contribution in [1.82, 2.24) is 4.31 Å². The third kappa shape index (κ3) is 2.92. The molecule has 0 spiro atoms. The summed E-state index contributed by atoms with van der Waals surface area (Å²) in [5.74, 6) is 0.207. The molecular weight excluding hydrogens is 276 g/mol. The second kappa shape index (κ2) is 5.63. The second-order valence-electron chi connectivity index (χ2n) is 5.25. The maximum absolute atomic E-state index is 12.6. The number of rotatable bonds is 6. The molecule has 0 saturated heterocycles. The SMILES string of the molecule is CC(=O)c1cccc(S(=O)(=O)N(C)C(CN)C2CC2)c1. The Morgan fingerprint density at radius 2 is 2.10 bits per heavy atom. The summed E-state index contributed by atoms with van der Waals surface area (Å²) >= 11 is 0. The zero-order valence-corrected chi connectivity index (χ0v) is 12.6. The van der Waals surface area contributed by atoms with Gasteiger partial charge in [0.25, 0.3) is 0 Å². The van der Waals surface area contributed by atoms with Gasteiger partial charge in [-0.05, 0) is 37.8 Å². The molecule has 2 rings (SSSR count). The van der Waals surface area contributed by atoms with E-state index in [-0.39, 0.29) is 16.7 Å². The minimum absolute atomic E-state index is 0.145. The number of carbonyl (C=O) groups is 1. The molecule has 110 valence electrons. The van der Waals surface area contributed by atoms with E-state index in [1.807, 2.05) is 0 Å². The number of hydrogen-bond acceptors (Lipinski definition) is 4. The first-order valence-corrected chi connectivity index (χ1v) is 8.11. The summed E-state index contributed by atoms with van der Waals surface area (Å²) in [6.07, 6.45) is 2.05. The molecular formula is C14H20N2O3S. The van der Waals surface area contributed by atoms with Crippen LogP contribution in [0, 0.1) is 5.92 Å². The molecule has 2 N–H and O–H groups in total. The highest BCUT2D eigenvalue weighted by Crippen LogP contribution is 2.36. The molecule has 5 nitrogen and oxygen atoms in total. The predicted octanol–water partition coefficient (Wildman–Crippen LogP) is 1.25. The highest BCUT2D eigenvalue weighted by molar-refractivity contribution is 7.89. The van der Waals surface area contributed by atoms with Gasteiger partial charge in [-0.1, -0.05) is 12.1 Å². The van der Waals surface area contributed by atoms with Gasteiger partial charge in [-0.15, -0.1) is 0 Å². The van der Waals surface area contributed by atoms with Crippen molar-refractivity contribution in [2.75, 3.05) is 13.6 Å². The summed E-state index contributed by atoms with van der Waals surface area (Å²) in [5.41, 5.74) is 6.11. The van der Waals surface area contributed by atoms with E-state index in [0.717, 1.165) is 12.8 Å². The van der Waals surface area contributed by atoms with E-state index in [1.54, 1.807) is 19.2 Å². The third-order valence-electron chi connectivity index (χ3n) is 3.79. The zero-order chi connectivity index (χ0) is 14.9. The summed E-state index contributed by atoms with van der Waals surface area (Å²) < 4.78 is 26.5. The lowest BCUT2D eigenvalue weighted by Crippen LogP contribution is -2.43. The van der Waals surface area contributed by atoms with E-state index >= 15 is 0 Å². The molecule has 6 heteroatoms. The number of benzene rings is 1. The van der Waals surface area contributed by atoms with Crippen molar-refractivity contribution in [1.29, 1.82) is 0 Å². The standard InChI is InChI=1S/C14H20N2O3S/c1-10(17)12-4-3-5-13(8-12)20(18,19)16(2)14(9-15)11-6-7-11/h3-5,8,11,14H,6-7,9,15H2,1-2H3. The minimum Gasteiger partial charge on any atom is -0.329 e. The van der Waals surface area contributed by atoms with Gasteiger partial charge in [0.15, 0.2) is 5.78 Å². The van der Waals surface area contributed by atoms with E-state index < -0.39 is 10.0 Å². The molecule has 1 aromatic rings. The second-order valence-corrected chi connectivity index (χ2v) is 7.24. The predicted molar refractivity (Wildman–Crippen MR) is 77.0 cm³/mol. The van der Waals surface area contributed by atoms with Crippen LogP contribution in [0.25, 0.3) is 0 Å². The molecule has 1 aliphatic carbocycles. The van der Waals surface area contributed by atoms with Crippen LogP contribution in [0.15, 0.2) is 29.2 Å². The average molecular weight is 296 g/mol. The lowest BCUT2D eigenvalue weighted by atomic mass is 10.2. The third-order valence-corrected chi connectivity index (χ3v) is 5.67. The van der Waals surface area contributed by atoms with Crippen molar-refractivity contribution in [3.63, 3.8) is 0 Å². The topological polar surface area (TPSA) is 80.5 Å². The Bertz CT molecular complexity index is 609. The van der Waals surface area contributed by atoms with Crippen LogP contribution in [-0.2, 0) is 10.0 Å². The summed E-state index contributed by atoms with van der Waals surface area (Å²) in [4.78, 5) is 11.5.